The zero-order valence-corrected chi connectivity index (χ0v) is 10.1. The first-order chi connectivity index (χ1) is 9.24. The molecule has 0 amide bonds. The van der Waals surface area contributed by atoms with Crippen LogP contribution in [0.5, 0.6) is 0 Å². The van der Waals surface area contributed by atoms with E-state index in [0.717, 1.165) is 0 Å². The van der Waals surface area contributed by atoms with Crippen LogP contribution >= 0.6 is 0 Å². The molecule has 1 aliphatic rings. The second-order valence-electron chi connectivity index (χ2n) is 4.27. The highest BCUT2D eigenvalue weighted by molar-refractivity contribution is 5.25. The van der Waals surface area contributed by atoms with E-state index in [1.165, 1.54) is 24.3 Å². The summed E-state index contributed by atoms with van der Waals surface area (Å²) in [5.74, 6) is 0.554. The highest BCUT2D eigenvalue weighted by Crippen LogP contribution is 2.29. The van der Waals surface area contributed by atoms with Crippen LogP contribution in [0.1, 0.15) is 29.5 Å². The lowest BCUT2D eigenvalue weighted by Crippen LogP contribution is -1.99. The monoisotopic (exact) mass is 264 g/mol. The quantitative estimate of drug-likeness (QED) is 0.925. The molecule has 4 nitrogen and oxygen atoms in total. The largest absolute Gasteiger partial charge is 0.458 e. The van der Waals surface area contributed by atoms with Crippen LogP contribution in [0, 0.1) is 5.82 Å². The van der Waals surface area contributed by atoms with E-state index >= 15 is 0 Å². The molecule has 0 saturated carbocycles. The third kappa shape index (κ3) is 2.53. The Balaban J connectivity index is 1.79. The average molecular weight is 264 g/mol. The van der Waals surface area contributed by atoms with Gasteiger partial charge in [0.25, 0.3) is 0 Å². The van der Waals surface area contributed by atoms with Crippen molar-refractivity contribution in [2.24, 2.45) is 0 Å². The lowest BCUT2D eigenvalue weighted by Gasteiger charge is -2.09. The van der Waals surface area contributed by atoms with E-state index in [4.69, 9.17) is 13.9 Å². The predicted molar refractivity (Wildman–Crippen MR) is 63.8 cm³/mol. The Bertz CT molecular complexity index is 543. The number of benzene rings is 1. The number of hydrogen-bond acceptors (Lipinski definition) is 4. The van der Waals surface area contributed by atoms with E-state index in [2.05, 4.69) is 0 Å². The predicted octanol–water partition coefficient (Wildman–Crippen LogP) is 2.55. The van der Waals surface area contributed by atoms with Crippen molar-refractivity contribution in [2.45, 2.75) is 12.4 Å². The first-order valence-electron chi connectivity index (χ1n) is 6.00. The van der Waals surface area contributed by atoms with Crippen molar-refractivity contribution in [3.8, 4) is 0 Å². The van der Waals surface area contributed by atoms with Gasteiger partial charge in [-0.15, -0.1) is 0 Å². The maximum Gasteiger partial charge on any atom is 0.217 e. The first-order valence-corrected chi connectivity index (χ1v) is 6.00. The van der Waals surface area contributed by atoms with Crippen molar-refractivity contribution in [2.75, 3.05) is 13.2 Å². The lowest BCUT2D eigenvalue weighted by atomic mass is 10.1. The maximum absolute atomic E-state index is 12.8. The number of hydrogen-bond donors (Lipinski definition) is 1. The van der Waals surface area contributed by atoms with Crippen molar-refractivity contribution in [1.29, 1.82) is 0 Å². The van der Waals surface area contributed by atoms with Gasteiger partial charge in [0.1, 0.15) is 17.7 Å². The molecule has 1 aromatic carbocycles. The van der Waals surface area contributed by atoms with Gasteiger partial charge in [0.15, 0.2) is 5.76 Å². The van der Waals surface area contributed by atoms with Crippen LogP contribution in [0.4, 0.5) is 4.39 Å². The third-order valence-electron chi connectivity index (χ3n) is 2.96. The Morgan fingerprint density at radius 1 is 1.05 bits per heavy atom. The minimum Gasteiger partial charge on any atom is -0.458 e. The second-order valence-corrected chi connectivity index (χ2v) is 4.27. The fraction of sp³-hybridized carbons (Fsp3) is 0.286. The highest BCUT2D eigenvalue weighted by atomic mass is 19.1. The lowest BCUT2D eigenvalue weighted by molar-refractivity contribution is -0.0602. The topological polar surface area (TPSA) is 51.8 Å². The molecule has 0 aliphatic carbocycles. The van der Waals surface area contributed by atoms with Crippen LogP contribution < -0.4 is 0 Å². The van der Waals surface area contributed by atoms with Gasteiger partial charge < -0.3 is 19.0 Å². The van der Waals surface area contributed by atoms with Crippen LogP contribution in [0.2, 0.25) is 0 Å². The fourth-order valence-electron chi connectivity index (χ4n) is 1.97. The Hall–Kier alpha value is -1.69. The smallest absolute Gasteiger partial charge is 0.217 e. The van der Waals surface area contributed by atoms with Crippen LogP contribution in [0.25, 0.3) is 0 Å². The number of halogens is 1. The summed E-state index contributed by atoms with van der Waals surface area (Å²) in [4.78, 5) is 0. The number of aliphatic hydroxyl groups is 1. The molecule has 19 heavy (non-hydrogen) atoms. The number of rotatable bonds is 3. The second kappa shape index (κ2) is 5.13. The summed E-state index contributed by atoms with van der Waals surface area (Å²) in [6, 6.07) is 9.00. The van der Waals surface area contributed by atoms with E-state index in [9.17, 15) is 9.50 Å². The fourth-order valence-corrected chi connectivity index (χ4v) is 1.97. The summed E-state index contributed by atoms with van der Waals surface area (Å²) in [6.07, 6.45) is -1.44. The molecule has 3 rings (SSSR count). The average Bonchev–Trinajstić information content (AvgIpc) is 3.10. The SMILES string of the molecule is O[C@@H](c1ccc(F)cc1)c1ccc(C2OCCO2)o1. The van der Waals surface area contributed by atoms with Gasteiger partial charge in [-0.3, -0.25) is 0 Å². The highest BCUT2D eigenvalue weighted by Gasteiger charge is 2.23. The molecule has 2 aromatic rings. The van der Waals surface area contributed by atoms with Crippen LogP contribution in [-0.2, 0) is 9.47 Å². The Morgan fingerprint density at radius 3 is 2.42 bits per heavy atom. The molecule has 100 valence electrons. The van der Waals surface area contributed by atoms with Gasteiger partial charge >= 0.3 is 0 Å². The standard InChI is InChI=1S/C14H13FO4/c15-10-3-1-9(2-4-10)13(16)11-5-6-12(19-11)14-17-7-8-18-14/h1-6,13-14,16H,7-8H2/t13-/m0/s1. The molecule has 0 spiro atoms. The van der Waals surface area contributed by atoms with Crippen molar-refractivity contribution < 1.29 is 23.4 Å². The van der Waals surface area contributed by atoms with Crippen LogP contribution in [0.15, 0.2) is 40.8 Å². The molecular weight excluding hydrogens is 251 g/mol. The van der Waals surface area contributed by atoms with Gasteiger partial charge in [0.2, 0.25) is 6.29 Å². The van der Waals surface area contributed by atoms with Gasteiger partial charge in [-0.1, -0.05) is 12.1 Å². The molecule has 1 saturated heterocycles. The van der Waals surface area contributed by atoms with E-state index < -0.39 is 12.4 Å². The van der Waals surface area contributed by atoms with Crippen LogP contribution in [0.3, 0.4) is 0 Å². The summed E-state index contributed by atoms with van der Waals surface area (Å²) >= 11 is 0. The Morgan fingerprint density at radius 2 is 1.74 bits per heavy atom. The summed E-state index contributed by atoms with van der Waals surface area (Å²) in [5.41, 5.74) is 0.565. The first kappa shape index (κ1) is 12.3. The molecule has 0 unspecified atom stereocenters. The number of furan rings is 1. The Labute approximate surface area is 109 Å². The molecule has 1 fully saturated rings. The van der Waals surface area contributed by atoms with Gasteiger partial charge in [-0.05, 0) is 29.8 Å². The van der Waals surface area contributed by atoms with Gasteiger partial charge in [-0.2, -0.15) is 0 Å². The van der Waals surface area contributed by atoms with Crippen molar-refractivity contribution in [3.63, 3.8) is 0 Å². The number of aliphatic hydroxyl groups excluding tert-OH is 1. The van der Waals surface area contributed by atoms with E-state index in [0.29, 0.717) is 30.3 Å². The van der Waals surface area contributed by atoms with Gasteiger partial charge in [-0.25, -0.2) is 4.39 Å². The zero-order valence-electron chi connectivity index (χ0n) is 10.1. The minimum absolute atomic E-state index is 0.344. The van der Waals surface area contributed by atoms with Crippen molar-refractivity contribution in [1.82, 2.24) is 0 Å². The molecule has 1 aromatic heterocycles. The van der Waals surface area contributed by atoms with Crippen molar-refractivity contribution in [3.05, 3.63) is 59.3 Å². The molecule has 5 heteroatoms. The van der Waals surface area contributed by atoms with Gasteiger partial charge in [0, 0.05) is 0 Å². The zero-order chi connectivity index (χ0) is 13.2. The Kier molecular flexibility index (Phi) is 3.33. The van der Waals surface area contributed by atoms with Crippen LogP contribution in [-0.4, -0.2) is 18.3 Å². The molecule has 1 aliphatic heterocycles. The third-order valence-corrected chi connectivity index (χ3v) is 2.96. The van der Waals surface area contributed by atoms with Crippen molar-refractivity contribution >= 4 is 0 Å². The molecule has 0 radical (unpaired) electrons. The summed E-state index contributed by atoms with van der Waals surface area (Å²) < 4.78 is 29.0. The molecular formula is C14H13FO4. The maximum atomic E-state index is 12.8. The summed E-state index contributed by atoms with van der Waals surface area (Å²) in [6.45, 7) is 1.06. The molecule has 2 heterocycles. The van der Waals surface area contributed by atoms with E-state index in [-0.39, 0.29) is 5.82 Å². The summed E-state index contributed by atoms with van der Waals surface area (Å²) in [5, 5.41) is 10.1. The molecule has 0 bridgehead atoms. The van der Waals surface area contributed by atoms with Gasteiger partial charge in [0.05, 0.1) is 13.2 Å². The van der Waals surface area contributed by atoms with E-state index in [1.807, 2.05) is 0 Å². The minimum atomic E-state index is -0.934. The van der Waals surface area contributed by atoms with E-state index in [1.54, 1.807) is 12.1 Å². The normalized spacial score (nSPS) is 17.8. The molecule has 1 N–H and O–H groups in total. The number of ether oxygens (including phenoxy) is 2. The molecule has 1 atom stereocenters. The summed E-state index contributed by atoms with van der Waals surface area (Å²) in [7, 11) is 0.